The van der Waals surface area contributed by atoms with Crippen LogP contribution in [0.3, 0.4) is 0 Å². The van der Waals surface area contributed by atoms with Crippen molar-refractivity contribution >= 4 is 50.7 Å². The Hall–Kier alpha value is -3.47. The zero-order valence-electron chi connectivity index (χ0n) is 24.0. The molecule has 0 aliphatic rings. The van der Waals surface area contributed by atoms with Gasteiger partial charge in [0.25, 0.3) is 10.0 Å². The van der Waals surface area contributed by atoms with Crippen LogP contribution in [0.5, 0.6) is 11.5 Å². The fourth-order valence-corrected chi connectivity index (χ4v) is 6.08. The van der Waals surface area contributed by atoms with Gasteiger partial charge in [-0.15, -0.1) is 0 Å². The summed E-state index contributed by atoms with van der Waals surface area (Å²) in [5, 5.41) is 3.58. The summed E-state index contributed by atoms with van der Waals surface area (Å²) in [5.74, 6) is -0.316. The average Bonchev–Trinajstić information content (AvgIpc) is 2.99. The number of carbonyl (C=O) groups excluding carboxylic acids is 2. The van der Waals surface area contributed by atoms with E-state index in [9.17, 15) is 18.0 Å². The number of hydrogen-bond donors (Lipinski definition) is 1. The van der Waals surface area contributed by atoms with Crippen LogP contribution in [0.4, 0.5) is 5.69 Å². The number of nitrogens with one attached hydrogen (secondary N) is 1. The van der Waals surface area contributed by atoms with Gasteiger partial charge in [0.2, 0.25) is 11.8 Å². The Labute approximate surface area is 257 Å². The van der Waals surface area contributed by atoms with Crippen molar-refractivity contribution in [3.8, 4) is 11.5 Å². The van der Waals surface area contributed by atoms with Crippen molar-refractivity contribution in [2.45, 2.75) is 44.2 Å². The maximum Gasteiger partial charge on any atom is 0.264 e. The highest BCUT2D eigenvalue weighted by molar-refractivity contribution is 7.92. The molecule has 3 aromatic rings. The number of hydrogen-bond acceptors (Lipinski definition) is 6. The maximum absolute atomic E-state index is 14.1. The Bertz CT molecular complexity index is 1490. The lowest BCUT2D eigenvalue weighted by molar-refractivity contribution is -0.139. The second kappa shape index (κ2) is 15.1. The number of amides is 2. The third-order valence-electron chi connectivity index (χ3n) is 6.62. The van der Waals surface area contributed by atoms with Gasteiger partial charge in [0, 0.05) is 29.2 Å². The Kier molecular flexibility index (Phi) is 11.9. The number of methoxy groups -OCH3 is 2. The van der Waals surface area contributed by atoms with Crippen LogP contribution < -0.4 is 19.1 Å². The van der Waals surface area contributed by atoms with Crippen LogP contribution in [0.1, 0.15) is 32.3 Å². The third kappa shape index (κ3) is 8.08. The molecule has 0 saturated carbocycles. The topological polar surface area (TPSA) is 105 Å². The first-order chi connectivity index (χ1) is 20.0. The van der Waals surface area contributed by atoms with E-state index in [1.165, 1.54) is 43.4 Å². The van der Waals surface area contributed by atoms with Gasteiger partial charge in [-0.05, 0) is 55.3 Å². The van der Waals surface area contributed by atoms with E-state index < -0.39 is 28.5 Å². The molecule has 0 heterocycles. The van der Waals surface area contributed by atoms with Gasteiger partial charge in [-0.2, -0.15) is 0 Å². The molecule has 0 bridgehead atoms. The fourth-order valence-electron chi connectivity index (χ4n) is 4.18. The minimum Gasteiger partial charge on any atom is -0.493 e. The Morgan fingerprint density at radius 3 is 2.26 bits per heavy atom. The smallest absolute Gasteiger partial charge is 0.264 e. The summed E-state index contributed by atoms with van der Waals surface area (Å²) in [6.07, 6.45) is 1.66. The molecule has 12 heteroatoms. The molecule has 0 fully saturated rings. The first-order valence-corrected chi connectivity index (χ1v) is 15.5. The molecular weight excluding hydrogens is 601 g/mol. The number of nitrogens with zero attached hydrogens (tertiary/aromatic N) is 2. The third-order valence-corrected chi connectivity index (χ3v) is 8.99. The van der Waals surface area contributed by atoms with Crippen molar-refractivity contribution in [2.75, 3.05) is 31.6 Å². The van der Waals surface area contributed by atoms with Gasteiger partial charge in [0.1, 0.15) is 12.6 Å². The lowest BCUT2D eigenvalue weighted by Crippen LogP contribution is -2.51. The van der Waals surface area contributed by atoms with Gasteiger partial charge >= 0.3 is 0 Å². The minimum absolute atomic E-state index is 0.00904. The number of sulfonamides is 1. The molecule has 0 radical (unpaired) electrons. The maximum atomic E-state index is 14.1. The summed E-state index contributed by atoms with van der Waals surface area (Å²) in [7, 11) is -1.34. The molecule has 2 amide bonds. The van der Waals surface area contributed by atoms with Gasteiger partial charge in [-0.25, -0.2) is 8.42 Å². The van der Waals surface area contributed by atoms with Crippen molar-refractivity contribution in [3.05, 3.63) is 82.3 Å². The van der Waals surface area contributed by atoms with Crippen LogP contribution >= 0.6 is 23.2 Å². The van der Waals surface area contributed by atoms with Crippen molar-refractivity contribution in [1.29, 1.82) is 0 Å². The predicted octanol–water partition coefficient (Wildman–Crippen LogP) is 5.54. The molecule has 42 heavy (non-hydrogen) atoms. The van der Waals surface area contributed by atoms with Crippen LogP contribution in [-0.4, -0.2) is 58.5 Å². The summed E-state index contributed by atoms with van der Waals surface area (Å²) in [6.45, 7) is 3.38. The molecule has 0 unspecified atom stereocenters. The van der Waals surface area contributed by atoms with Crippen LogP contribution in [0.15, 0.2) is 71.6 Å². The molecule has 9 nitrogen and oxygen atoms in total. The van der Waals surface area contributed by atoms with E-state index in [0.717, 1.165) is 17.1 Å². The Morgan fingerprint density at radius 2 is 1.64 bits per heavy atom. The lowest BCUT2D eigenvalue weighted by Gasteiger charge is -2.32. The highest BCUT2D eigenvalue weighted by Gasteiger charge is 2.33. The van der Waals surface area contributed by atoms with Gasteiger partial charge in [-0.3, -0.25) is 13.9 Å². The van der Waals surface area contributed by atoms with Gasteiger partial charge in [-0.1, -0.05) is 60.8 Å². The number of benzene rings is 3. The molecule has 3 aromatic carbocycles. The van der Waals surface area contributed by atoms with Crippen molar-refractivity contribution < 1.29 is 27.5 Å². The molecule has 1 atom stereocenters. The Balaban J connectivity index is 2.07. The fraction of sp³-hybridized carbons (Fsp3) is 0.333. The molecule has 0 saturated heterocycles. The van der Waals surface area contributed by atoms with Crippen LogP contribution in [-0.2, 0) is 26.2 Å². The molecule has 0 aliphatic heterocycles. The molecule has 0 aliphatic carbocycles. The number of rotatable bonds is 14. The van der Waals surface area contributed by atoms with E-state index >= 15 is 0 Å². The standard InChI is InChI=1S/C30H35Cl2N3O6S/c1-5-6-16-33-30(37)21(2)34(19-22-12-13-23(31)17-26(22)32)29(36)20-35(42(38,39)25-10-8-7-9-11-25)24-14-15-27(40-3)28(18-24)41-4/h7-15,17-18,21H,5-6,16,19-20H2,1-4H3,(H,33,37)/t21-/m1/s1. The number of unbranched alkanes of at least 4 members (excludes halogenated alkanes) is 1. The largest absolute Gasteiger partial charge is 0.493 e. The number of halogens is 2. The van der Waals surface area contributed by atoms with Crippen molar-refractivity contribution in [1.82, 2.24) is 10.2 Å². The summed E-state index contributed by atoms with van der Waals surface area (Å²) in [4.78, 5) is 28.5. The zero-order chi connectivity index (χ0) is 30.9. The first-order valence-electron chi connectivity index (χ1n) is 13.3. The van der Waals surface area contributed by atoms with Gasteiger partial charge in [0.05, 0.1) is 24.8 Å². The monoisotopic (exact) mass is 635 g/mol. The van der Waals surface area contributed by atoms with E-state index in [-0.39, 0.29) is 28.8 Å². The SMILES string of the molecule is CCCCNC(=O)[C@@H](C)N(Cc1ccc(Cl)cc1Cl)C(=O)CN(c1ccc(OC)c(OC)c1)S(=O)(=O)c1ccccc1. The summed E-state index contributed by atoms with van der Waals surface area (Å²) in [5.41, 5.74) is 0.723. The van der Waals surface area contributed by atoms with Crippen molar-refractivity contribution in [3.63, 3.8) is 0 Å². The normalized spacial score (nSPS) is 11.9. The molecule has 3 rings (SSSR count). The molecule has 0 aromatic heterocycles. The number of anilines is 1. The first kappa shape index (κ1) is 33.0. The predicted molar refractivity (Wildman–Crippen MR) is 165 cm³/mol. The van der Waals surface area contributed by atoms with E-state index in [1.807, 2.05) is 6.92 Å². The highest BCUT2D eigenvalue weighted by atomic mass is 35.5. The van der Waals surface area contributed by atoms with E-state index in [0.29, 0.717) is 27.9 Å². The molecular formula is C30H35Cl2N3O6S. The van der Waals surface area contributed by atoms with Crippen LogP contribution in [0, 0.1) is 0 Å². The summed E-state index contributed by atoms with van der Waals surface area (Å²) in [6, 6.07) is 16.2. The number of ether oxygens (including phenoxy) is 2. The van der Waals surface area contributed by atoms with Gasteiger partial charge in [0.15, 0.2) is 11.5 Å². The highest BCUT2D eigenvalue weighted by Crippen LogP contribution is 2.34. The Morgan fingerprint density at radius 1 is 0.952 bits per heavy atom. The minimum atomic E-state index is -4.23. The molecule has 0 spiro atoms. The summed E-state index contributed by atoms with van der Waals surface area (Å²) >= 11 is 12.5. The average molecular weight is 637 g/mol. The van der Waals surface area contributed by atoms with Gasteiger partial charge < -0.3 is 19.7 Å². The molecule has 226 valence electrons. The van der Waals surface area contributed by atoms with Crippen molar-refractivity contribution in [2.24, 2.45) is 0 Å². The molecule has 1 N–H and O–H groups in total. The van der Waals surface area contributed by atoms with E-state index in [1.54, 1.807) is 49.4 Å². The quantitative estimate of drug-likeness (QED) is 0.233. The zero-order valence-corrected chi connectivity index (χ0v) is 26.3. The number of carbonyl (C=O) groups is 2. The van der Waals surface area contributed by atoms with E-state index in [2.05, 4.69) is 5.32 Å². The summed E-state index contributed by atoms with van der Waals surface area (Å²) < 4.78 is 39.6. The second-order valence-electron chi connectivity index (χ2n) is 9.44. The van der Waals surface area contributed by atoms with Crippen LogP contribution in [0.25, 0.3) is 0 Å². The van der Waals surface area contributed by atoms with Crippen LogP contribution in [0.2, 0.25) is 10.0 Å². The van der Waals surface area contributed by atoms with E-state index in [4.69, 9.17) is 32.7 Å². The lowest BCUT2D eigenvalue weighted by atomic mass is 10.1. The second-order valence-corrected chi connectivity index (χ2v) is 12.1.